The molecule has 0 aliphatic rings. The predicted octanol–water partition coefficient (Wildman–Crippen LogP) is 4.31. The first-order valence-corrected chi connectivity index (χ1v) is 7.86. The molecule has 0 atom stereocenters. The van der Waals surface area contributed by atoms with Crippen molar-refractivity contribution in [1.82, 2.24) is 0 Å². The van der Waals surface area contributed by atoms with Gasteiger partial charge < -0.3 is 10.4 Å². The fraction of sp³-hybridized carbons (Fsp3) is 0.0667. The van der Waals surface area contributed by atoms with Crippen molar-refractivity contribution in [2.45, 2.75) is 6.92 Å². The molecule has 6 heteroatoms. The molecule has 0 saturated carbocycles. The van der Waals surface area contributed by atoms with Crippen LogP contribution in [0.4, 0.5) is 5.69 Å². The van der Waals surface area contributed by atoms with Crippen LogP contribution in [0.2, 0.25) is 0 Å². The Balaban J connectivity index is 2.31. The van der Waals surface area contributed by atoms with Gasteiger partial charge in [0.05, 0.1) is 11.1 Å². The summed E-state index contributed by atoms with van der Waals surface area (Å²) >= 11 is 5.36. The average molecular weight is 460 g/mol. The van der Waals surface area contributed by atoms with Gasteiger partial charge in [-0.15, -0.1) is 0 Å². The summed E-state index contributed by atoms with van der Waals surface area (Å²) < 4.78 is 1.47. The Hall–Kier alpha value is -1.41. The highest BCUT2D eigenvalue weighted by molar-refractivity contribution is 14.1. The van der Waals surface area contributed by atoms with E-state index in [9.17, 15) is 9.59 Å². The minimum Gasteiger partial charge on any atom is -0.478 e. The zero-order valence-electron chi connectivity index (χ0n) is 11.0. The SMILES string of the molecule is Cc1cccc(C(=O)Nc2cc(Br)cc(C(=O)O)c2)c1I. The third kappa shape index (κ3) is 3.82. The lowest BCUT2D eigenvalue weighted by molar-refractivity contribution is 0.0696. The monoisotopic (exact) mass is 459 g/mol. The smallest absolute Gasteiger partial charge is 0.335 e. The zero-order chi connectivity index (χ0) is 15.6. The van der Waals surface area contributed by atoms with Crippen molar-refractivity contribution < 1.29 is 14.7 Å². The average Bonchev–Trinajstić information content (AvgIpc) is 2.41. The maximum atomic E-state index is 12.3. The molecule has 0 aliphatic heterocycles. The number of amides is 1. The Bertz CT molecular complexity index is 731. The van der Waals surface area contributed by atoms with Crippen LogP contribution in [0, 0.1) is 10.5 Å². The minimum absolute atomic E-state index is 0.110. The van der Waals surface area contributed by atoms with Gasteiger partial charge in [-0.2, -0.15) is 0 Å². The van der Waals surface area contributed by atoms with Crippen LogP contribution < -0.4 is 5.32 Å². The maximum Gasteiger partial charge on any atom is 0.335 e. The molecule has 0 saturated heterocycles. The van der Waals surface area contributed by atoms with Gasteiger partial charge in [0.2, 0.25) is 0 Å². The molecule has 108 valence electrons. The number of anilines is 1. The van der Waals surface area contributed by atoms with Crippen molar-refractivity contribution in [3.63, 3.8) is 0 Å². The van der Waals surface area contributed by atoms with E-state index in [1.54, 1.807) is 12.1 Å². The molecule has 2 aromatic carbocycles. The van der Waals surface area contributed by atoms with Crippen LogP contribution in [0.5, 0.6) is 0 Å². The highest BCUT2D eigenvalue weighted by atomic mass is 127. The van der Waals surface area contributed by atoms with E-state index in [1.807, 2.05) is 19.1 Å². The van der Waals surface area contributed by atoms with Crippen molar-refractivity contribution in [2.75, 3.05) is 5.32 Å². The molecule has 0 unspecified atom stereocenters. The van der Waals surface area contributed by atoms with Gasteiger partial charge in [0.1, 0.15) is 0 Å². The van der Waals surface area contributed by atoms with Gasteiger partial charge in [0, 0.05) is 13.7 Å². The maximum absolute atomic E-state index is 12.3. The van der Waals surface area contributed by atoms with Crippen LogP contribution in [-0.2, 0) is 0 Å². The van der Waals surface area contributed by atoms with Crippen molar-refractivity contribution in [3.05, 3.63) is 61.1 Å². The number of hydrogen-bond acceptors (Lipinski definition) is 2. The fourth-order valence-corrected chi connectivity index (χ4v) is 2.90. The lowest BCUT2D eigenvalue weighted by Gasteiger charge is -2.09. The molecule has 0 spiro atoms. The number of aromatic carboxylic acids is 1. The topological polar surface area (TPSA) is 66.4 Å². The van der Waals surface area contributed by atoms with E-state index in [1.165, 1.54) is 12.1 Å². The first kappa shape index (κ1) is 16.0. The summed E-state index contributed by atoms with van der Waals surface area (Å²) in [4.78, 5) is 23.3. The van der Waals surface area contributed by atoms with E-state index in [0.717, 1.165) is 9.13 Å². The number of hydrogen-bond donors (Lipinski definition) is 2. The molecular weight excluding hydrogens is 449 g/mol. The second-order valence-electron chi connectivity index (χ2n) is 4.42. The summed E-state index contributed by atoms with van der Waals surface area (Å²) in [5, 5.41) is 11.8. The van der Waals surface area contributed by atoms with Crippen molar-refractivity contribution in [1.29, 1.82) is 0 Å². The molecule has 0 heterocycles. The number of carboxylic acids is 1. The Labute approximate surface area is 143 Å². The van der Waals surface area contributed by atoms with Crippen LogP contribution in [0.25, 0.3) is 0 Å². The summed E-state index contributed by atoms with van der Waals surface area (Å²) in [6.45, 7) is 1.93. The summed E-state index contributed by atoms with van der Waals surface area (Å²) in [6.07, 6.45) is 0. The molecule has 1 amide bonds. The Morgan fingerprint density at radius 1 is 1.24 bits per heavy atom. The van der Waals surface area contributed by atoms with Gasteiger partial charge >= 0.3 is 5.97 Å². The van der Waals surface area contributed by atoms with E-state index < -0.39 is 5.97 Å². The number of rotatable bonds is 3. The first-order chi connectivity index (χ1) is 9.88. The van der Waals surface area contributed by atoms with E-state index in [-0.39, 0.29) is 11.5 Å². The number of carboxylic acid groups (broad SMARTS) is 1. The summed E-state index contributed by atoms with van der Waals surface area (Å²) in [7, 11) is 0. The summed E-state index contributed by atoms with van der Waals surface area (Å²) in [5.41, 5.74) is 2.12. The van der Waals surface area contributed by atoms with Gasteiger partial charge in [0.15, 0.2) is 0 Å². The molecule has 2 N–H and O–H groups in total. The highest BCUT2D eigenvalue weighted by Crippen LogP contribution is 2.22. The molecule has 2 aromatic rings. The second kappa shape index (κ2) is 6.57. The predicted molar refractivity (Wildman–Crippen MR) is 93.0 cm³/mol. The van der Waals surface area contributed by atoms with E-state index in [2.05, 4.69) is 43.8 Å². The third-order valence-corrected chi connectivity index (χ3v) is 4.73. The Morgan fingerprint density at radius 2 is 1.95 bits per heavy atom. The van der Waals surface area contributed by atoms with E-state index in [0.29, 0.717) is 15.7 Å². The van der Waals surface area contributed by atoms with Crippen molar-refractivity contribution >= 4 is 56.1 Å². The van der Waals surface area contributed by atoms with Crippen LogP contribution in [0.3, 0.4) is 0 Å². The number of benzene rings is 2. The van der Waals surface area contributed by atoms with Gasteiger partial charge in [-0.25, -0.2) is 4.79 Å². The van der Waals surface area contributed by atoms with Crippen LogP contribution in [-0.4, -0.2) is 17.0 Å². The summed E-state index contributed by atoms with van der Waals surface area (Å²) in [5.74, 6) is -1.31. The van der Waals surface area contributed by atoms with Crippen molar-refractivity contribution in [2.24, 2.45) is 0 Å². The normalized spacial score (nSPS) is 10.2. The van der Waals surface area contributed by atoms with E-state index >= 15 is 0 Å². The van der Waals surface area contributed by atoms with Crippen LogP contribution >= 0.6 is 38.5 Å². The zero-order valence-corrected chi connectivity index (χ0v) is 14.7. The number of carbonyl (C=O) groups excluding carboxylic acids is 1. The number of aryl methyl sites for hydroxylation is 1. The lowest BCUT2D eigenvalue weighted by atomic mass is 10.1. The molecular formula is C15H11BrINO3. The Morgan fingerprint density at radius 3 is 2.62 bits per heavy atom. The minimum atomic E-state index is -1.04. The van der Waals surface area contributed by atoms with E-state index in [4.69, 9.17) is 5.11 Å². The first-order valence-electron chi connectivity index (χ1n) is 5.99. The molecule has 0 aliphatic carbocycles. The number of carbonyl (C=O) groups is 2. The van der Waals surface area contributed by atoms with Crippen LogP contribution in [0.1, 0.15) is 26.3 Å². The summed E-state index contributed by atoms with van der Waals surface area (Å²) in [6, 6.07) is 10.0. The standard InChI is InChI=1S/C15H11BrINO3/c1-8-3-2-4-12(13(8)17)14(19)18-11-6-9(15(20)21)5-10(16)7-11/h2-7H,1H3,(H,18,19)(H,20,21). The molecule has 0 aromatic heterocycles. The van der Waals surface area contributed by atoms with Gasteiger partial charge in [0.25, 0.3) is 5.91 Å². The van der Waals surface area contributed by atoms with Gasteiger partial charge in [-0.3, -0.25) is 4.79 Å². The molecule has 4 nitrogen and oxygen atoms in total. The molecule has 21 heavy (non-hydrogen) atoms. The molecule has 0 fully saturated rings. The quantitative estimate of drug-likeness (QED) is 0.672. The van der Waals surface area contributed by atoms with Gasteiger partial charge in [-0.1, -0.05) is 28.1 Å². The second-order valence-corrected chi connectivity index (χ2v) is 6.42. The number of halogens is 2. The highest BCUT2D eigenvalue weighted by Gasteiger charge is 2.13. The molecule has 0 bridgehead atoms. The third-order valence-electron chi connectivity index (χ3n) is 2.84. The van der Waals surface area contributed by atoms with Gasteiger partial charge in [-0.05, 0) is 59.3 Å². The lowest BCUT2D eigenvalue weighted by Crippen LogP contribution is -2.14. The fourth-order valence-electron chi connectivity index (χ4n) is 1.81. The largest absolute Gasteiger partial charge is 0.478 e. The van der Waals surface area contributed by atoms with Crippen LogP contribution in [0.15, 0.2) is 40.9 Å². The molecule has 2 rings (SSSR count). The Kier molecular flexibility index (Phi) is 5.00. The number of nitrogens with one attached hydrogen (secondary N) is 1. The van der Waals surface area contributed by atoms with Crippen molar-refractivity contribution in [3.8, 4) is 0 Å². The molecule has 0 radical (unpaired) electrons.